The molecule has 0 N–H and O–H groups in total. The lowest BCUT2D eigenvalue weighted by atomic mass is 10.0. The first kappa shape index (κ1) is 17.0. The Labute approximate surface area is 155 Å². The quantitative estimate of drug-likeness (QED) is 0.545. The minimum Gasteiger partial charge on any atom is -0.464 e. The van der Waals surface area contributed by atoms with Gasteiger partial charge in [0.05, 0.1) is 12.5 Å². The molecule has 0 unspecified atom stereocenters. The van der Waals surface area contributed by atoms with Crippen molar-refractivity contribution in [3.8, 4) is 11.1 Å². The maximum atomic E-state index is 14.2. The average molecular weight is 363 g/mol. The molecule has 4 aromatic rings. The zero-order valence-electron chi connectivity index (χ0n) is 15.0. The van der Waals surface area contributed by atoms with Crippen LogP contribution in [-0.4, -0.2) is 27.6 Å². The minimum atomic E-state index is -0.446. The van der Waals surface area contributed by atoms with Gasteiger partial charge in [0.2, 0.25) is 0 Å². The second-order valence-electron chi connectivity index (χ2n) is 6.59. The fourth-order valence-electron chi connectivity index (χ4n) is 3.15. The van der Waals surface area contributed by atoms with Gasteiger partial charge in [0.25, 0.3) is 5.91 Å². The Kier molecular flexibility index (Phi) is 4.24. The molecule has 2 aromatic carbocycles. The molecule has 2 aromatic heterocycles. The molecule has 0 radical (unpaired) electrons. The zero-order chi connectivity index (χ0) is 19.0. The summed E-state index contributed by atoms with van der Waals surface area (Å²) in [6.45, 7) is 0.402. The molecule has 0 atom stereocenters. The van der Waals surface area contributed by atoms with Gasteiger partial charge in [-0.2, -0.15) is 5.10 Å². The van der Waals surface area contributed by atoms with Crippen molar-refractivity contribution in [3.05, 3.63) is 78.1 Å². The summed E-state index contributed by atoms with van der Waals surface area (Å²) in [5.74, 6) is -0.693. The molecule has 0 saturated heterocycles. The Morgan fingerprint density at radius 2 is 2.04 bits per heavy atom. The molecule has 0 aliphatic rings. The van der Waals surface area contributed by atoms with Gasteiger partial charge in [0, 0.05) is 43.4 Å². The normalized spacial score (nSPS) is 11.1. The molecule has 27 heavy (non-hydrogen) atoms. The van der Waals surface area contributed by atoms with Crippen LogP contribution in [0.2, 0.25) is 0 Å². The van der Waals surface area contributed by atoms with Crippen molar-refractivity contribution >= 4 is 16.9 Å². The van der Waals surface area contributed by atoms with Gasteiger partial charge in [-0.15, -0.1) is 0 Å². The highest BCUT2D eigenvalue weighted by molar-refractivity contribution is 5.95. The molecular weight excluding hydrogens is 345 g/mol. The third-order valence-corrected chi connectivity index (χ3v) is 4.46. The maximum absolute atomic E-state index is 14.2. The van der Waals surface area contributed by atoms with E-state index in [2.05, 4.69) is 5.10 Å². The van der Waals surface area contributed by atoms with E-state index in [9.17, 15) is 9.18 Å². The smallest absolute Gasteiger partial charge is 0.254 e. The standard InChI is InChI=1S/C21H18FN3O2/c1-24(12-14-11-23-25(2)13-14)21(26)18-8-17(9-19(22)10-18)15-3-4-20-16(7-15)5-6-27-20/h3-11,13H,12H2,1-2H3. The number of rotatable bonds is 4. The van der Waals surface area contributed by atoms with Crippen LogP contribution in [0, 0.1) is 5.82 Å². The minimum absolute atomic E-state index is 0.246. The summed E-state index contributed by atoms with van der Waals surface area (Å²) >= 11 is 0. The van der Waals surface area contributed by atoms with Gasteiger partial charge in [-0.3, -0.25) is 9.48 Å². The number of fused-ring (bicyclic) bond motifs is 1. The highest BCUT2D eigenvalue weighted by Gasteiger charge is 2.15. The van der Waals surface area contributed by atoms with Gasteiger partial charge >= 0.3 is 0 Å². The van der Waals surface area contributed by atoms with Crippen LogP contribution in [0.1, 0.15) is 15.9 Å². The topological polar surface area (TPSA) is 51.3 Å². The summed E-state index contributed by atoms with van der Waals surface area (Å²) in [4.78, 5) is 14.3. The first-order valence-corrected chi connectivity index (χ1v) is 8.51. The van der Waals surface area contributed by atoms with Crippen molar-refractivity contribution in [3.63, 3.8) is 0 Å². The van der Waals surface area contributed by atoms with E-state index in [1.54, 1.807) is 35.2 Å². The molecule has 2 heterocycles. The second-order valence-corrected chi connectivity index (χ2v) is 6.59. The summed E-state index contributed by atoms with van der Waals surface area (Å²) in [6.07, 6.45) is 5.17. The number of amides is 1. The summed E-state index contributed by atoms with van der Waals surface area (Å²) in [5, 5.41) is 5.03. The number of carbonyl (C=O) groups is 1. The zero-order valence-corrected chi connectivity index (χ0v) is 15.0. The first-order chi connectivity index (χ1) is 13.0. The number of furan rings is 1. The highest BCUT2D eigenvalue weighted by atomic mass is 19.1. The summed E-state index contributed by atoms with van der Waals surface area (Å²) in [7, 11) is 3.51. The van der Waals surface area contributed by atoms with Crippen LogP contribution in [-0.2, 0) is 13.6 Å². The Balaban J connectivity index is 1.63. The number of hydrogen-bond donors (Lipinski definition) is 0. The van der Waals surface area contributed by atoms with Crippen molar-refractivity contribution in [1.29, 1.82) is 0 Å². The number of aryl methyl sites for hydroxylation is 1. The molecule has 4 rings (SSSR count). The lowest BCUT2D eigenvalue weighted by Gasteiger charge is -2.17. The van der Waals surface area contributed by atoms with Crippen LogP contribution in [0.25, 0.3) is 22.1 Å². The number of hydrogen-bond acceptors (Lipinski definition) is 3. The van der Waals surface area contributed by atoms with E-state index in [0.717, 1.165) is 22.1 Å². The van der Waals surface area contributed by atoms with E-state index in [0.29, 0.717) is 17.7 Å². The van der Waals surface area contributed by atoms with E-state index in [1.807, 2.05) is 37.5 Å². The average Bonchev–Trinajstić information content (AvgIpc) is 3.28. The lowest BCUT2D eigenvalue weighted by Crippen LogP contribution is -2.26. The molecule has 0 aliphatic carbocycles. The van der Waals surface area contributed by atoms with E-state index in [1.165, 1.54) is 12.1 Å². The van der Waals surface area contributed by atoms with Crippen LogP contribution in [0.15, 0.2) is 65.5 Å². The van der Waals surface area contributed by atoms with E-state index >= 15 is 0 Å². The summed E-state index contributed by atoms with van der Waals surface area (Å²) < 4.78 is 21.2. The van der Waals surface area contributed by atoms with Gasteiger partial charge < -0.3 is 9.32 Å². The number of benzene rings is 2. The van der Waals surface area contributed by atoms with Crippen molar-refractivity contribution in [2.24, 2.45) is 7.05 Å². The molecule has 6 heteroatoms. The molecule has 0 aliphatic heterocycles. The molecule has 5 nitrogen and oxygen atoms in total. The van der Waals surface area contributed by atoms with E-state index in [-0.39, 0.29) is 5.91 Å². The van der Waals surface area contributed by atoms with Crippen molar-refractivity contribution in [2.45, 2.75) is 6.54 Å². The summed E-state index contributed by atoms with van der Waals surface area (Å²) in [6, 6.07) is 11.9. The number of aromatic nitrogens is 2. The van der Waals surface area contributed by atoms with Gasteiger partial charge in [0.1, 0.15) is 11.4 Å². The Morgan fingerprint density at radius 1 is 1.19 bits per heavy atom. The Morgan fingerprint density at radius 3 is 2.81 bits per heavy atom. The van der Waals surface area contributed by atoms with Gasteiger partial charge in [-0.1, -0.05) is 6.07 Å². The SMILES string of the molecule is CN(Cc1cnn(C)c1)C(=O)c1cc(F)cc(-c2ccc3occc3c2)c1. The predicted octanol–water partition coefficient (Wildman–Crippen LogP) is 4.24. The molecule has 0 bridgehead atoms. The second kappa shape index (κ2) is 6.72. The van der Waals surface area contributed by atoms with Crippen molar-refractivity contribution in [2.75, 3.05) is 7.05 Å². The van der Waals surface area contributed by atoms with E-state index < -0.39 is 5.82 Å². The highest BCUT2D eigenvalue weighted by Crippen LogP contribution is 2.27. The monoisotopic (exact) mass is 363 g/mol. The maximum Gasteiger partial charge on any atom is 0.254 e. The van der Waals surface area contributed by atoms with Gasteiger partial charge in [-0.25, -0.2) is 4.39 Å². The van der Waals surface area contributed by atoms with Crippen LogP contribution < -0.4 is 0 Å². The fourth-order valence-corrected chi connectivity index (χ4v) is 3.15. The van der Waals surface area contributed by atoms with Gasteiger partial charge in [0.15, 0.2) is 0 Å². The Bertz CT molecular complexity index is 1130. The summed E-state index contributed by atoms with van der Waals surface area (Å²) in [5.41, 5.74) is 3.46. The number of nitrogens with zero attached hydrogens (tertiary/aromatic N) is 3. The fraction of sp³-hybridized carbons (Fsp3) is 0.143. The third-order valence-electron chi connectivity index (χ3n) is 4.46. The van der Waals surface area contributed by atoms with Crippen LogP contribution >= 0.6 is 0 Å². The first-order valence-electron chi connectivity index (χ1n) is 8.51. The van der Waals surface area contributed by atoms with E-state index in [4.69, 9.17) is 4.42 Å². The van der Waals surface area contributed by atoms with Crippen molar-refractivity contribution < 1.29 is 13.6 Å². The van der Waals surface area contributed by atoms with Gasteiger partial charge in [-0.05, 0) is 47.5 Å². The molecule has 136 valence electrons. The number of halogens is 1. The van der Waals surface area contributed by atoms with Crippen molar-refractivity contribution in [1.82, 2.24) is 14.7 Å². The predicted molar refractivity (Wildman–Crippen MR) is 101 cm³/mol. The lowest BCUT2D eigenvalue weighted by molar-refractivity contribution is 0.0784. The molecule has 1 amide bonds. The Hall–Kier alpha value is -3.41. The van der Waals surface area contributed by atoms with Crippen LogP contribution in [0.5, 0.6) is 0 Å². The molecule has 0 saturated carbocycles. The largest absolute Gasteiger partial charge is 0.464 e. The van der Waals surface area contributed by atoms with Crippen LogP contribution in [0.4, 0.5) is 4.39 Å². The molecular formula is C21H18FN3O2. The third kappa shape index (κ3) is 3.46. The van der Waals surface area contributed by atoms with Crippen LogP contribution in [0.3, 0.4) is 0 Å². The molecule has 0 spiro atoms. The molecule has 0 fully saturated rings. The number of carbonyl (C=O) groups excluding carboxylic acids is 1.